The van der Waals surface area contributed by atoms with Crippen molar-refractivity contribution in [3.63, 3.8) is 0 Å². The fourth-order valence-electron chi connectivity index (χ4n) is 3.37. The summed E-state index contributed by atoms with van der Waals surface area (Å²) < 4.78 is 56.3. The van der Waals surface area contributed by atoms with Crippen LogP contribution >= 0.6 is 11.3 Å². The van der Waals surface area contributed by atoms with E-state index in [0.717, 1.165) is 12.5 Å². The summed E-state index contributed by atoms with van der Waals surface area (Å²) in [7, 11) is -7.44. The zero-order valence-corrected chi connectivity index (χ0v) is 20.3. The van der Waals surface area contributed by atoms with Crippen molar-refractivity contribution in [2.75, 3.05) is 12.5 Å². The van der Waals surface area contributed by atoms with Crippen molar-refractivity contribution in [2.24, 2.45) is 0 Å². The monoisotopic (exact) mass is 518 g/mol. The van der Waals surface area contributed by atoms with Gasteiger partial charge in [-0.05, 0) is 60.2 Å². The van der Waals surface area contributed by atoms with Crippen molar-refractivity contribution in [1.29, 1.82) is 0 Å². The molecule has 0 aliphatic heterocycles. The minimum absolute atomic E-state index is 0.0984. The molecule has 0 amide bonds. The number of phenolic OH excluding ortho intramolecular Hbond substituents is 1. The molecule has 0 spiro atoms. The molecule has 8 nitrogen and oxygen atoms in total. The third-order valence-electron chi connectivity index (χ3n) is 4.65. The van der Waals surface area contributed by atoms with E-state index in [2.05, 4.69) is 0 Å². The lowest BCUT2D eigenvalue weighted by Crippen LogP contribution is -2.06. The van der Waals surface area contributed by atoms with Crippen LogP contribution in [0.15, 0.2) is 66.7 Å². The topological polar surface area (TPSA) is 124 Å². The highest BCUT2D eigenvalue weighted by molar-refractivity contribution is 7.86. The molecule has 1 aromatic heterocycles. The summed E-state index contributed by atoms with van der Waals surface area (Å²) in [6.45, 7) is 0. The Kier molecular flexibility index (Phi) is 6.11. The van der Waals surface area contributed by atoms with Crippen LogP contribution in [0.3, 0.4) is 0 Å². The van der Waals surface area contributed by atoms with Crippen molar-refractivity contribution in [3.05, 3.63) is 77.9 Å². The number of hydrogen-bond donors (Lipinski definition) is 1. The Morgan fingerprint density at radius 1 is 0.824 bits per heavy atom. The largest absolute Gasteiger partial charge is 0.507 e. The lowest BCUT2D eigenvalue weighted by Gasteiger charge is -2.08. The van der Waals surface area contributed by atoms with Gasteiger partial charge < -0.3 is 13.5 Å². The van der Waals surface area contributed by atoms with Gasteiger partial charge in [0.1, 0.15) is 17.2 Å². The van der Waals surface area contributed by atoms with Crippen molar-refractivity contribution < 1.29 is 35.1 Å². The van der Waals surface area contributed by atoms with Crippen LogP contribution < -0.4 is 8.37 Å². The third kappa shape index (κ3) is 5.22. The van der Waals surface area contributed by atoms with Gasteiger partial charge in [0.2, 0.25) is 0 Å². The maximum atomic E-state index is 13.5. The van der Waals surface area contributed by atoms with Crippen molar-refractivity contribution in [1.82, 2.24) is 0 Å². The van der Waals surface area contributed by atoms with Crippen molar-refractivity contribution in [2.45, 2.75) is 0 Å². The molecule has 0 saturated carbocycles. The van der Waals surface area contributed by atoms with E-state index in [1.807, 2.05) is 0 Å². The van der Waals surface area contributed by atoms with E-state index in [0.29, 0.717) is 26.1 Å². The summed E-state index contributed by atoms with van der Waals surface area (Å²) >= 11 is 1.23. The number of thiophene rings is 1. The lowest BCUT2D eigenvalue weighted by atomic mass is 9.97. The molecule has 0 radical (unpaired) electrons. The molecule has 0 aliphatic carbocycles. The van der Waals surface area contributed by atoms with Gasteiger partial charge in [-0.2, -0.15) is 16.8 Å². The minimum atomic E-state index is -3.74. The van der Waals surface area contributed by atoms with Gasteiger partial charge >= 0.3 is 20.2 Å². The van der Waals surface area contributed by atoms with E-state index in [1.165, 1.54) is 47.7 Å². The number of benzene rings is 3. The first-order valence-electron chi connectivity index (χ1n) is 9.70. The Labute approximate surface area is 200 Å². The summed E-state index contributed by atoms with van der Waals surface area (Å²) in [5.74, 6) is -0.384. The third-order valence-corrected chi connectivity index (χ3v) is 6.84. The molecular weight excluding hydrogens is 500 g/mol. The van der Waals surface area contributed by atoms with Gasteiger partial charge in [0.15, 0.2) is 5.78 Å². The van der Waals surface area contributed by atoms with Crippen LogP contribution in [0, 0.1) is 0 Å². The van der Waals surface area contributed by atoms with E-state index >= 15 is 0 Å². The second kappa shape index (κ2) is 8.75. The number of carbonyl (C=O) groups excluding carboxylic acids is 1. The number of hydrogen-bond acceptors (Lipinski definition) is 9. The first-order valence-corrected chi connectivity index (χ1v) is 14.1. The normalized spacial score (nSPS) is 11.9. The van der Waals surface area contributed by atoms with Gasteiger partial charge in [-0.15, -0.1) is 11.3 Å². The van der Waals surface area contributed by atoms with Crippen LogP contribution in [-0.4, -0.2) is 40.2 Å². The van der Waals surface area contributed by atoms with E-state index in [4.69, 9.17) is 8.37 Å². The molecule has 0 bridgehead atoms. The van der Waals surface area contributed by atoms with Gasteiger partial charge in [0.05, 0.1) is 18.1 Å². The molecule has 1 heterocycles. The quantitative estimate of drug-likeness (QED) is 0.285. The van der Waals surface area contributed by atoms with Crippen molar-refractivity contribution in [3.8, 4) is 27.7 Å². The highest BCUT2D eigenvalue weighted by Gasteiger charge is 2.24. The summed E-state index contributed by atoms with van der Waals surface area (Å²) in [5, 5.41) is 10.8. The number of rotatable bonds is 7. The highest BCUT2D eigenvalue weighted by Crippen LogP contribution is 2.42. The summed E-state index contributed by atoms with van der Waals surface area (Å²) in [5.41, 5.74) is 1.02. The molecule has 0 atom stereocenters. The fraction of sp³-hybridized carbons (Fsp3) is 0.0870. The molecule has 0 fully saturated rings. The van der Waals surface area contributed by atoms with Crippen LogP contribution in [0.1, 0.15) is 15.9 Å². The highest BCUT2D eigenvalue weighted by atomic mass is 32.2. The Hall–Kier alpha value is -3.41. The number of carbonyl (C=O) groups is 1. The van der Waals surface area contributed by atoms with Gasteiger partial charge in [-0.3, -0.25) is 4.79 Å². The second-order valence-corrected chi connectivity index (χ2v) is 11.6. The number of ketones is 1. The first kappa shape index (κ1) is 23.7. The Morgan fingerprint density at radius 2 is 1.41 bits per heavy atom. The molecule has 1 N–H and O–H groups in total. The predicted octanol–water partition coefficient (Wildman–Crippen LogP) is 4.18. The van der Waals surface area contributed by atoms with Crippen molar-refractivity contribution >= 4 is 47.4 Å². The number of fused-ring (bicyclic) bond motifs is 1. The van der Waals surface area contributed by atoms with Crippen LogP contribution in [0.4, 0.5) is 0 Å². The molecular formula is C23H18O8S3. The smallest absolute Gasteiger partial charge is 0.306 e. The van der Waals surface area contributed by atoms with Crippen LogP contribution in [0.5, 0.6) is 17.2 Å². The number of para-hydroxylation sites is 1. The van der Waals surface area contributed by atoms with Gasteiger partial charge in [0.25, 0.3) is 0 Å². The summed E-state index contributed by atoms with van der Waals surface area (Å²) in [4.78, 5) is 14.1. The van der Waals surface area contributed by atoms with E-state index in [9.17, 15) is 26.7 Å². The molecule has 0 aliphatic rings. The van der Waals surface area contributed by atoms with Gasteiger partial charge in [-0.1, -0.05) is 12.1 Å². The molecule has 0 saturated heterocycles. The van der Waals surface area contributed by atoms with E-state index < -0.39 is 26.0 Å². The summed E-state index contributed by atoms with van der Waals surface area (Å²) in [6.07, 6.45) is 1.87. The van der Waals surface area contributed by atoms with Crippen LogP contribution in [-0.2, 0) is 20.2 Å². The molecule has 34 heavy (non-hydrogen) atoms. The minimum Gasteiger partial charge on any atom is -0.507 e. The maximum absolute atomic E-state index is 13.5. The molecule has 4 rings (SSSR count). The average molecular weight is 519 g/mol. The zero-order chi connectivity index (χ0) is 24.7. The standard InChI is InChI=1S/C23H18O8S3/c1-33(26,27)30-15-9-7-14(8-10-15)23-21(22(25)17-5-3-4-6-19(17)24)18-12-11-16(13-20(18)32-23)31-34(2,28)29/h3-13,24H,1-2H3. The predicted molar refractivity (Wildman–Crippen MR) is 130 cm³/mol. The Bertz CT molecular complexity index is 1620. The molecule has 11 heteroatoms. The molecule has 0 unspecified atom stereocenters. The number of phenols is 1. The lowest BCUT2D eigenvalue weighted by molar-refractivity contribution is 0.103. The summed E-state index contributed by atoms with van der Waals surface area (Å²) in [6, 6.07) is 16.9. The van der Waals surface area contributed by atoms with Gasteiger partial charge in [-0.25, -0.2) is 0 Å². The first-order chi connectivity index (χ1) is 15.9. The Balaban J connectivity index is 1.89. The maximum Gasteiger partial charge on any atom is 0.306 e. The molecule has 176 valence electrons. The average Bonchev–Trinajstić information content (AvgIpc) is 3.10. The molecule has 3 aromatic carbocycles. The van der Waals surface area contributed by atoms with Crippen LogP contribution in [0.25, 0.3) is 20.5 Å². The Morgan fingerprint density at radius 3 is 2.03 bits per heavy atom. The molecule has 4 aromatic rings. The van der Waals surface area contributed by atoms with E-state index in [1.54, 1.807) is 30.3 Å². The fourth-order valence-corrected chi connectivity index (χ4v) is 5.52. The van der Waals surface area contributed by atoms with Crippen LogP contribution in [0.2, 0.25) is 0 Å². The van der Waals surface area contributed by atoms with Gasteiger partial charge in [0, 0.05) is 20.5 Å². The zero-order valence-electron chi connectivity index (χ0n) is 17.9. The number of aromatic hydroxyl groups is 1. The van der Waals surface area contributed by atoms with E-state index in [-0.39, 0.29) is 22.8 Å². The second-order valence-electron chi connectivity index (χ2n) is 7.41. The SMILES string of the molecule is CS(=O)(=O)Oc1ccc(-c2sc3cc(OS(C)(=O)=O)ccc3c2C(=O)c2ccccc2O)cc1.